The van der Waals surface area contributed by atoms with Crippen molar-refractivity contribution in [2.24, 2.45) is 11.8 Å². The molecule has 2 fully saturated rings. The molecule has 1 saturated carbocycles. The molecule has 1 unspecified atom stereocenters. The number of hydrogen-bond acceptors (Lipinski definition) is 1. The molecule has 1 spiro atoms. The molecule has 21 heavy (non-hydrogen) atoms. The van der Waals surface area contributed by atoms with Gasteiger partial charge >= 0.3 is 0 Å². The highest BCUT2D eigenvalue weighted by molar-refractivity contribution is 5.33. The van der Waals surface area contributed by atoms with Crippen LogP contribution in [-0.2, 0) is 11.2 Å². The molecule has 1 aliphatic heterocycles. The van der Waals surface area contributed by atoms with Crippen LogP contribution < -0.4 is 0 Å². The number of benzene rings is 1. The minimum absolute atomic E-state index is 0.0561. The van der Waals surface area contributed by atoms with Crippen LogP contribution in [-0.4, -0.2) is 11.2 Å². The van der Waals surface area contributed by atoms with Gasteiger partial charge in [-0.15, -0.1) is 0 Å². The SMILES string of the molecule is CC1(C)O[C@]23C[C@H]1CCC2CCC=C3Cc1ccccc1. The third kappa shape index (κ3) is 2.09. The molecule has 4 rings (SSSR count). The van der Waals surface area contributed by atoms with Gasteiger partial charge in [0, 0.05) is 0 Å². The second-order valence-corrected chi connectivity index (χ2v) is 7.74. The van der Waals surface area contributed by atoms with E-state index in [1.165, 1.54) is 37.7 Å². The number of rotatable bonds is 2. The number of allylic oxidation sites excluding steroid dienone is 1. The second kappa shape index (κ2) is 4.71. The smallest absolute Gasteiger partial charge is 0.0933 e. The van der Waals surface area contributed by atoms with Gasteiger partial charge in [0.05, 0.1) is 11.2 Å². The molecule has 3 aliphatic rings. The molecule has 1 heterocycles. The highest BCUT2D eigenvalue weighted by Gasteiger charge is 2.59. The van der Waals surface area contributed by atoms with Crippen molar-refractivity contribution in [3.05, 3.63) is 47.5 Å². The van der Waals surface area contributed by atoms with Crippen molar-refractivity contribution >= 4 is 0 Å². The van der Waals surface area contributed by atoms with Crippen LogP contribution in [0, 0.1) is 11.8 Å². The van der Waals surface area contributed by atoms with Crippen molar-refractivity contribution < 1.29 is 4.74 Å². The fourth-order valence-electron chi connectivity index (χ4n) is 5.05. The monoisotopic (exact) mass is 282 g/mol. The minimum atomic E-state index is 0.0561. The van der Waals surface area contributed by atoms with Crippen LogP contribution in [0.3, 0.4) is 0 Å². The average Bonchev–Trinajstić information content (AvgIpc) is 2.68. The van der Waals surface area contributed by atoms with Gasteiger partial charge < -0.3 is 4.74 Å². The van der Waals surface area contributed by atoms with Crippen molar-refractivity contribution in [2.75, 3.05) is 0 Å². The molecule has 0 radical (unpaired) electrons. The van der Waals surface area contributed by atoms with Crippen molar-refractivity contribution in [1.82, 2.24) is 0 Å². The summed E-state index contributed by atoms with van der Waals surface area (Å²) in [7, 11) is 0. The summed E-state index contributed by atoms with van der Waals surface area (Å²) < 4.78 is 6.78. The zero-order valence-electron chi connectivity index (χ0n) is 13.3. The molecule has 1 aromatic rings. The van der Waals surface area contributed by atoms with Gasteiger partial charge in [0.15, 0.2) is 0 Å². The van der Waals surface area contributed by atoms with Gasteiger partial charge in [-0.25, -0.2) is 0 Å². The summed E-state index contributed by atoms with van der Waals surface area (Å²) in [6, 6.07) is 10.9. The first-order valence-electron chi connectivity index (χ1n) is 8.54. The molecular formula is C20H26O. The highest BCUT2D eigenvalue weighted by Crippen LogP contribution is 2.59. The zero-order valence-corrected chi connectivity index (χ0v) is 13.3. The molecule has 1 heteroatoms. The summed E-state index contributed by atoms with van der Waals surface area (Å²) in [5.41, 5.74) is 3.11. The Labute approximate surface area is 128 Å². The van der Waals surface area contributed by atoms with Crippen LogP contribution >= 0.6 is 0 Å². The van der Waals surface area contributed by atoms with Crippen molar-refractivity contribution in [3.63, 3.8) is 0 Å². The van der Waals surface area contributed by atoms with E-state index in [1.54, 1.807) is 5.57 Å². The van der Waals surface area contributed by atoms with Crippen molar-refractivity contribution in [3.8, 4) is 0 Å². The van der Waals surface area contributed by atoms with E-state index in [0.717, 1.165) is 18.3 Å². The molecule has 0 N–H and O–H groups in total. The lowest BCUT2D eigenvalue weighted by Gasteiger charge is -2.44. The lowest BCUT2D eigenvalue weighted by molar-refractivity contribution is -0.0972. The molecule has 0 aromatic heterocycles. The van der Waals surface area contributed by atoms with Gasteiger partial charge in [-0.05, 0) is 75.3 Å². The summed E-state index contributed by atoms with van der Waals surface area (Å²) in [6.45, 7) is 4.62. The van der Waals surface area contributed by atoms with Gasteiger partial charge in [-0.1, -0.05) is 36.4 Å². The Morgan fingerprint density at radius 2 is 1.81 bits per heavy atom. The zero-order chi connectivity index (χ0) is 14.5. The molecule has 3 atom stereocenters. The van der Waals surface area contributed by atoms with Gasteiger partial charge in [0.1, 0.15) is 0 Å². The average molecular weight is 282 g/mol. The van der Waals surface area contributed by atoms with Crippen LogP contribution in [0.2, 0.25) is 0 Å². The molecule has 1 aromatic carbocycles. The van der Waals surface area contributed by atoms with Gasteiger partial charge in [-0.3, -0.25) is 0 Å². The number of ether oxygens (including phenoxy) is 1. The van der Waals surface area contributed by atoms with Gasteiger partial charge in [0.2, 0.25) is 0 Å². The summed E-state index contributed by atoms with van der Waals surface area (Å²) in [5, 5.41) is 0. The lowest BCUT2D eigenvalue weighted by atomic mass is 9.63. The van der Waals surface area contributed by atoms with E-state index < -0.39 is 0 Å². The molecule has 1 saturated heterocycles. The molecule has 112 valence electrons. The van der Waals surface area contributed by atoms with E-state index in [0.29, 0.717) is 0 Å². The maximum Gasteiger partial charge on any atom is 0.0933 e. The molecular weight excluding hydrogens is 256 g/mol. The Balaban J connectivity index is 1.69. The van der Waals surface area contributed by atoms with E-state index in [4.69, 9.17) is 4.74 Å². The van der Waals surface area contributed by atoms with Crippen molar-refractivity contribution in [2.45, 2.75) is 63.6 Å². The summed E-state index contributed by atoms with van der Waals surface area (Å²) in [6.07, 6.45) is 10.1. The Morgan fingerprint density at radius 1 is 1.05 bits per heavy atom. The summed E-state index contributed by atoms with van der Waals surface area (Å²) in [5.74, 6) is 1.49. The number of fused-ring (bicyclic) bond motifs is 1. The second-order valence-electron chi connectivity index (χ2n) is 7.74. The van der Waals surface area contributed by atoms with Crippen LogP contribution in [0.25, 0.3) is 0 Å². The Morgan fingerprint density at radius 3 is 2.62 bits per heavy atom. The van der Waals surface area contributed by atoms with E-state index >= 15 is 0 Å². The number of hydrogen-bond donors (Lipinski definition) is 0. The van der Waals surface area contributed by atoms with E-state index in [2.05, 4.69) is 50.3 Å². The summed E-state index contributed by atoms with van der Waals surface area (Å²) >= 11 is 0. The normalized spacial score (nSPS) is 37.0. The van der Waals surface area contributed by atoms with E-state index in [1.807, 2.05) is 0 Å². The maximum absolute atomic E-state index is 6.78. The van der Waals surface area contributed by atoms with E-state index in [-0.39, 0.29) is 11.2 Å². The largest absolute Gasteiger partial charge is 0.364 e. The molecule has 2 bridgehead atoms. The van der Waals surface area contributed by atoms with Crippen LogP contribution in [0.15, 0.2) is 42.0 Å². The standard InChI is InChI=1S/C20H26O/c1-19(2)18-12-11-16-9-6-10-17(20(16,14-18)21-19)13-15-7-4-3-5-8-15/h3-5,7-8,10,16,18H,6,9,11-14H2,1-2H3/t16?,18-,20-/m1/s1. The fraction of sp³-hybridized carbons (Fsp3) is 0.600. The minimum Gasteiger partial charge on any atom is -0.364 e. The van der Waals surface area contributed by atoms with Crippen LogP contribution in [0.1, 0.15) is 51.5 Å². The molecule has 0 amide bonds. The topological polar surface area (TPSA) is 9.23 Å². The summed E-state index contributed by atoms with van der Waals surface area (Å²) in [4.78, 5) is 0. The fourth-order valence-corrected chi connectivity index (χ4v) is 5.05. The van der Waals surface area contributed by atoms with Gasteiger partial charge in [-0.2, -0.15) is 0 Å². The van der Waals surface area contributed by atoms with E-state index in [9.17, 15) is 0 Å². The first-order chi connectivity index (χ1) is 10.1. The van der Waals surface area contributed by atoms with Gasteiger partial charge in [0.25, 0.3) is 0 Å². The Bertz CT molecular complexity index is 556. The van der Waals surface area contributed by atoms with Crippen molar-refractivity contribution in [1.29, 1.82) is 0 Å². The van der Waals surface area contributed by atoms with Crippen LogP contribution in [0.4, 0.5) is 0 Å². The molecule has 2 aliphatic carbocycles. The Hall–Kier alpha value is -1.08. The maximum atomic E-state index is 6.78. The highest BCUT2D eigenvalue weighted by atomic mass is 16.5. The Kier molecular flexibility index (Phi) is 3.04. The lowest BCUT2D eigenvalue weighted by Crippen LogP contribution is -2.44. The third-order valence-corrected chi connectivity index (χ3v) is 6.19. The predicted molar refractivity (Wildman–Crippen MR) is 86.2 cm³/mol. The quantitative estimate of drug-likeness (QED) is 0.700. The molecule has 1 nitrogen and oxygen atoms in total. The predicted octanol–water partition coefficient (Wildman–Crippen LogP) is 4.91. The third-order valence-electron chi connectivity index (χ3n) is 6.19. The first kappa shape index (κ1) is 13.6. The first-order valence-corrected chi connectivity index (χ1v) is 8.54. The van der Waals surface area contributed by atoms with Crippen LogP contribution in [0.5, 0.6) is 0 Å².